The van der Waals surface area contributed by atoms with E-state index in [1.807, 2.05) is 0 Å². The molecule has 1 fully saturated rings. The van der Waals surface area contributed by atoms with Crippen LogP contribution in [-0.4, -0.2) is 56.8 Å². The van der Waals surface area contributed by atoms with Crippen molar-refractivity contribution in [3.8, 4) is 11.5 Å². The highest BCUT2D eigenvalue weighted by molar-refractivity contribution is 7.86. The Bertz CT molecular complexity index is 998. The van der Waals surface area contributed by atoms with Crippen LogP contribution in [0.3, 0.4) is 0 Å². The summed E-state index contributed by atoms with van der Waals surface area (Å²) in [6, 6.07) is 12.0. The Hall–Kier alpha value is -2.33. The normalized spacial score (nSPS) is 16.8. The molecule has 0 atom stereocenters. The molecule has 0 bridgehead atoms. The van der Waals surface area contributed by atoms with Gasteiger partial charge in [0, 0.05) is 30.7 Å². The molecule has 3 rings (SSSR count). The Morgan fingerprint density at radius 2 is 1.77 bits per heavy atom. The first-order valence-electron chi connectivity index (χ1n) is 9.35. The van der Waals surface area contributed by atoms with E-state index in [9.17, 15) is 13.2 Å². The van der Waals surface area contributed by atoms with Crippen molar-refractivity contribution in [2.75, 3.05) is 39.2 Å². The summed E-state index contributed by atoms with van der Waals surface area (Å²) >= 11 is 5.90. The second-order valence-electron chi connectivity index (χ2n) is 6.77. The predicted molar refractivity (Wildman–Crippen MR) is 115 cm³/mol. The predicted octanol–water partition coefficient (Wildman–Crippen LogP) is 2.75. The molecule has 1 amide bonds. The van der Waals surface area contributed by atoms with Gasteiger partial charge in [0.1, 0.15) is 11.5 Å². The molecular weight excluding hydrogens is 430 g/mol. The van der Waals surface area contributed by atoms with Gasteiger partial charge >= 0.3 is 0 Å². The summed E-state index contributed by atoms with van der Waals surface area (Å²) in [6.45, 7) is 0.626. The third-order valence-corrected chi connectivity index (χ3v) is 6.92. The number of methoxy groups -OCH3 is 2. The summed E-state index contributed by atoms with van der Waals surface area (Å²) in [6.07, 6.45) is 0.631. The van der Waals surface area contributed by atoms with Crippen LogP contribution in [0.25, 0.3) is 0 Å². The van der Waals surface area contributed by atoms with Crippen LogP contribution >= 0.6 is 11.6 Å². The lowest BCUT2D eigenvalue weighted by atomic mass is 10.2. The number of ether oxygens (including phenoxy) is 2. The number of carbonyl (C=O) groups excluding carboxylic acids is 1. The van der Waals surface area contributed by atoms with E-state index in [2.05, 4.69) is 5.32 Å². The molecule has 2 aromatic rings. The minimum absolute atomic E-state index is 0.226. The minimum atomic E-state index is -3.76. The Morgan fingerprint density at radius 3 is 2.43 bits per heavy atom. The third kappa shape index (κ3) is 5.23. The Kier molecular flexibility index (Phi) is 7.19. The van der Waals surface area contributed by atoms with Gasteiger partial charge in [0.25, 0.3) is 10.2 Å². The van der Waals surface area contributed by atoms with E-state index in [0.29, 0.717) is 35.2 Å². The molecule has 0 aliphatic carbocycles. The molecule has 1 saturated heterocycles. The molecule has 0 aromatic heterocycles. The quantitative estimate of drug-likeness (QED) is 0.696. The molecule has 162 valence electrons. The molecule has 0 spiro atoms. The number of hydrogen-bond donors (Lipinski definition) is 1. The molecule has 30 heavy (non-hydrogen) atoms. The molecule has 0 unspecified atom stereocenters. The largest absolute Gasteiger partial charge is 0.497 e. The number of nitrogens with one attached hydrogen (secondary N) is 1. The minimum Gasteiger partial charge on any atom is -0.497 e. The zero-order chi connectivity index (χ0) is 21.7. The van der Waals surface area contributed by atoms with Crippen molar-refractivity contribution >= 4 is 33.4 Å². The zero-order valence-corrected chi connectivity index (χ0v) is 18.4. The molecule has 1 heterocycles. The van der Waals surface area contributed by atoms with Gasteiger partial charge in [-0.15, -0.1) is 0 Å². The number of benzene rings is 2. The van der Waals surface area contributed by atoms with Gasteiger partial charge in [0.15, 0.2) is 0 Å². The van der Waals surface area contributed by atoms with Crippen molar-refractivity contribution < 1.29 is 22.7 Å². The number of anilines is 1. The van der Waals surface area contributed by atoms with Gasteiger partial charge in [-0.1, -0.05) is 23.7 Å². The summed E-state index contributed by atoms with van der Waals surface area (Å²) in [5.41, 5.74) is 1.27. The molecule has 10 heteroatoms. The second-order valence-corrected chi connectivity index (χ2v) is 9.13. The molecule has 0 radical (unpaired) electrons. The van der Waals surface area contributed by atoms with Gasteiger partial charge in [-0.25, -0.2) is 0 Å². The van der Waals surface area contributed by atoms with E-state index in [4.69, 9.17) is 21.1 Å². The van der Waals surface area contributed by atoms with Gasteiger partial charge in [0.2, 0.25) is 5.91 Å². The van der Waals surface area contributed by atoms with E-state index in [-0.39, 0.29) is 19.6 Å². The highest BCUT2D eigenvalue weighted by atomic mass is 35.5. The molecular formula is C20H24ClN3O5S. The van der Waals surface area contributed by atoms with Crippen LogP contribution in [-0.2, 0) is 21.5 Å². The summed E-state index contributed by atoms with van der Waals surface area (Å²) in [5, 5.41) is 3.30. The van der Waals surface area contributed by atoms with Gasteiger partial charge in [-0.05, 0) is 36.2 Å². The molecule has 1 aliphatic rings. The number of rotatable bonds is 7. The summed E-state index contributed by atoms with van der Waals surface area (Å²) in [4.78, 5) is 12.6. The lowest BCUT2D eigenvalue weighted by molar-refractivity contribution is -0.116. The van der Waals surface area contributed by atoms with E-state index < -0.39 is 16.1 Å². The molecule has 0 saturated carbocycles. The summed E-state index contributed by atoms with van der Waals surface area (Å²) in [5.74, 6) is 0.560. The van der Waals surface area contributed by atoms with Crippen molar-refractivity contribution in [1.82, 2.24) is 8.61 Å². The summed E-state index contributed by atoms with van der Waals surface area (Å²) < 4.78 is 38.9. The fourth-order valence-corrected chi connectivity index (χ4v) is 4.95. The maximum absolute atomic E-state index is 13.0. The van der Waals surface area contributed by atoms with Crippen molar-refractivity contribution in [2.24, 2.45) is 0 Å². The molecule has 2 aromatic carbocycles. The SMILES string of the molecule is COc1ccc(NC(=O)CN2CCCN(Cc3ccc(Cl)cc3)S2(=O)=O)c(OC)c1. The Morgan fingerprint density at radius 1 is 1.07 bits per heavy atom. The van der Waals surface area contributed by atoms with Crippen LogP contribution in [0.2, 0.25) is 5.02 Å². The maximum Gasteiger partial charge on any atom is 0.282 e. The van der Waals surface area contributed by atoms with Crippen LogP contribution in [0.1, 0.15) is 12.0 Å². The Balaban J connectivity index is 1.68. The molecule has 1 N–H and O–H groups in total. The second kappa shape index (κ2) is 9.65. The standard InChI is InChI=1S/C20H24ClN3O5S/c1-28-17-8-9-18(19(12-17)29-2)22-20(25)14-24-11-3-10-23(30(24,26)27)13-15-4-6-16(21)7-5-15/h4-9,12H,3,10-11,13-14H2,1-2H3,(H,22,25). The lowest BCUT2D eigenvalue weighted by Gasteiger charge is -2.34. The average Bonchev–Trinajstić information content (AvgIpc) is 2.73. The number of nitrogens with zero attached hydrogens (tertiary/aromatic N) is 2. The maximum atomic E-state index is 13.0. The first-order chi connectivity index (χ1) is 14.3. The smallest absolute Gasteiger partial charge is 0.282 e. The van der Waals surface area contributed by atoms with E-state index in [0.717, 1.165) is 5.56 Å². The van der Waals surface area contributed by atoms with Gasteiger partial charge in [0.05, 0.1) is 26.5 Å². The van der Waals surface area contributed by atoms with Crippen LogP contribution in [0, 0.1) is 0 Å². The van der Waals surface area contributed by atoms with Gasteiger partial charge < -0.3 is 14.8 Å². The van der Waals surface area contributed by atoms with Crippen LogP contribution in [0.5, 0.6) is 11.5 Å². The number of hydrogen-bond acceptors (Lipinski definition) is 5. The first-order valence-corrected chi connectivity index (χ1v) is 11.1. The van der Waals surface area contributed by atoms with E-state index in [1.165, 1.54) is 22.8 Å². The Labute approximate surface area is 181 Å². The monoisotopic (exact) mass is 453 g/mol. The first kappa shape index (κ1) is 22.4. The van der Waals surface area contributed by atoms with E-state index in [1.54, 1.807) is 42.5 Å². The average molecular weight is 454 g/mol. The van der Waals surface area contributed by atoms with Crippen molar-refractivity contribution in [3.05, 3.63) is 53.1 Å². The highest BCUT2D eigenvalue weighted by Crippen LogP contribution is 2.29. The van der Waals surface area contributed by atoms with Crippen LogP contribution in [0.15, 0.2) is 42.5 Å². The molecule has 1 aliphatic heterocycles. The van der Waals surface area contributed by atoms with Gasteiger partial charge in [-0.3, -0.25) is 4.79 Å². The zero-order valence-electron chi connectivity index (χ0n) is 16.8. The van der Waals surface area contributed by atoms with E-state index >= 15 is 0 Å². The fourth-order valence-electron chi connectivity index (χ4n) is 3.18. The topological polar surface area (TPSA) is 88.2 Å². The number of halogens is 1. The van der Waals surface area contributed by atoms with Crippen LogP contribution < -0.4 is 14.8 Å². The highest BCUT2D eigenvalue weighted by Gasteiger charge is 2.34. The number of carbonyl (C=O) groups is 1. The number of amides is 1. The summed E-state index contributed by atoms with van der Waals surface area (Å²) in [7, 11) is -0.753. The van der Waals surface area contributed by atoms with Crippen LogP contribution in [0.4, 0.5) is 5.69 Å². The molecule has 8 nitrogen and oxygen atoms in total. The van der Waals surface area contributed by atoms with Crippen molar-refractivity contribution in [1.29, 1.82) is 0 Å². The fraction of sp³-hybridized carbons (Fsp3) is 0.350. The third-order valence-electron chi connectivity index (χ3n) is 4.74. The van der Waals surface area contributed by atoms with Crippen molar-refractivity contribution in [2.45, 2.75) is 13.0 Å². The van der Waals surface area contributed by atoms with Gasteiger partial charge in [-0.2, -0.15) is 17.0 Å². The van der Waals surface area contributed by atoms with Crippen molar-refractivity contribution in [3.63, 3.8) is 0 Å². The lowest BCUT2D eigenvalue weighted by Crippen LogP contribution is -2.51.